The van der Waals surface area contributed by atoms with Crippen LogP contribution in [0.5, 0.6) is 0 Å². The van der Waals surface area contributed by atoms with Gasteiger partial charge in [0.1, 0.15) is 0 Å². The van der Waals surface area contributed by atoms with Gasteiger partial charge in [-0.25, -0.2) is 8.42 Å². The molecule has 1 aliphatic rings. The molecular formula is C15H29NO4S. The van der Waals surface area contributed by atoms with Gasteiger partial charge in [-0.05, 0) is 31.2 Å². The van der Waals surface area contributed by atoms with Crippen molar-refractivity contribution >= 4 is 15.8 Å². The van der Waals surface area contributed by atoms with Gasteiger partial charge in [0.25, 0.3) is 0 Å². The van der Waals surface area contributed by atoms with Gasteiger partial charge >= 0.3 is 5.97 Å². The molecule has 0 aromatic carbocycles. The molecule has 124 valence electrons. The van der Waals surface area contributed by atoms with Crippen molar-refractivity contribution in [3.05, 3.63) is 0 Å². The van der Waals surface area contributed by atoms with E-state index < -0.39 is 21.1 Å². The fraction of sp³-hybridized carbons (Fsp3) is 0.933. The topological polar surface area (TPSA) is 72.5 Å². The quantitative estimate of drug-likeness (QED) is 0.726. The van der Waals surface area contributed by atoms with Crippen LogP contribution in [-0.4, -0.2) is 45.1 Å². The molecule has 0 aromatic rings. The van der Waals surface area contributed by atoms with Crippen molar-refractivity contribution in [1.82, 2.24) is 5.32 Å². The molecule has 1 saturated carbocycles. The van der Waals surface area contributed by atoms with E-state index in [2.05, 4.69) is 30.8 Å². The van der Waals surface area contributed by atoms with Crippen molar-refractivity contribution in [3.63, 3.8) is 0 Å². The first-order valence-corrected chi connectivity index (χ1v) is 9.48. The highest BCUT2D eigenvalue weighted by Gasteiger charge is 2.44. The molecule has 5 nitrogen and oxygen atoms in total. The Morgan fingerprint density at radius 1 is 1.38 bits per heavy atom. The predicted molar refractivity (Wildman–Crippen MR) is 83.9 cm³/mol. The van der Waals surface area contributed by atoms with Crippen molar-refractivity contribution in [2.24, 2.45) is 5.41 Å². The fourth-order valence-electron chi connectivity index (χ4n) is 3.16. The zero-order valence-corrected chi connectivity index (χ0v) is 14.5. The minimum atomic E-state index is -3.30. The Kier molecular flexibility index (Phi) is 6.66. The molecule has 0 aliphatic heterocycles. The molecule has 0 spiro atoms. The molecule has 21 heavy (non-hydrogen) atoms. The standard InChI is InChI=1S/C15H29NO4S/c1-5-10-16-14-12(7-6-9-15(14,2)3)21(18,19)11-8-13(17)20-4/h12,14,16H,5-11H2,1-4H3. The van der Waals surface area contributed by atoms with E-state index >= 15 is 0 Å². The highest BCUT2D eigenvalue weighted by atomic mass is 32.2. The maximum absolute atomic E-state index is 12.6. The highest BCUT2D eigenvalue weighted by Crippen LogP contribution is 2.38. The minimum Gasteiger partial charge on any atom is -0.469 e. The normalized spacial score (nSPS) is 25.5. The van der Waals surface area contributed by atoms with E-state index in [4.69, 9.17) is 0 Å². The number of sulfone groups is 1. The van der Waals surface area contributed by atoms with Crippen LogP contribution in [0.25, 0.3) is 0 Å². The van der Waals surface area contributed by atoms with Crippen LogP contribution >= 0.6 is 0 Å². The molecule has 0 radical (unpaired) electrons. The van der Waals surface area contributed by atoms with E-state index in [1.165, 1.54) is 7.11 Å². The molecule has 0 saturated heterocycles. The van der Waals surface area contributed by atoms with Crippen molar-refractivity contribution in [2.45, 2.75) is 64.2 Å². The van der Waals surface area contributed by atoms with Gasteiger partial charge in [0.15, 0.2) is 9.84 Å². The first-order valence-electron chi connectivity index (χ1n) is 7.76. The first kappa shape index (κ1) is 18.4. The maximum atomic E-state index is 12.6. The first-order chi connectivity index (χ1) is 9.74. The zero-order valence-electron chi connectivity index (χ0n) is 13.6. The van der Waals surface area contributed by atoms with Crippen LogP contribution < -0.4 is 5.32 Å². The number of ether oxygens (including phenoxy) is 1. The van der Waals surface area contributed by atoms with Crippen molar-refractivity contribution in [2.75, 3.05) is 19.4 Å². The van der Waals surface area contributed by atoms with E-state index in [0.29, 0.717) is 6.42 Å². The average molecular weight is 319 g/mol. The Labute approximate surface area is 128 Å². The number of rotatable bonds is 7. The summed E-state index contributed by atoms with van der Waals surface area (Å²) >= 11 is 0. The number of carbonyl (C=O) groups is 1. The number of esters is 1. The monoisotopic (exact) mass is 319 g/mol. The average Bonchev–Trinajstić information content (AvgIpc) is 2.42. The summed E-state index contributed by atoms with van der Waals surface area (Å²) in [6.07, 6.45) is 3.53. The van der Waals surface area contributed by atoms with Gasteiger partial charge in [-0.15, -0.1) is 0 Å². The second-order valence-corrected chi connectivity index (χ2v) is 8.88. The summed E-state index contributed by atoms with van der Waals surface area (Å²) in [6, 6.07) is -0.0474. The smallest absolute Gasteiger partial charge is 0.306 e. The number of hydrogen-bond donors (Lipinski definition) is 1. The van der Waals surface area contributed by atoms with Gasteiger partial charge in [-0.2, -0.15) is 0 Å². The lowest BCUT2D eigenvalue weighted by Gasteiger charge is -2.44. The second kappa shape index (κ2) is 7.58. The van der Waals surface area contributed by atoms with E-state index in [9.17, 15) is 13.2 Å². The van der Waals surface area contributed by atoms with Crippen LogP contribution in [0.3, 0.4) is 0 Å². The molecule has 2 unspecified atom stereocenters. The molecule has 0 bridgehead atoms. The Morgan fingerprint density at radius 2 is 2.05 bits per heavy atom. The largest absolute Gasteiger partial charge is 0.469 e. The van der Waals surface area contributed by atoms with Gasteiger partial charge in [0, 0.05) is 6.04 Å². The third-order valence-corrected chi connectivity index (χ3v) is 6.62. The Hall–Kier alpha value is -0.620. The summed E-state index contributed by atoms with van der Waals surface area (Å²) in [5, 5.41) is 3.02. The predicted octanol–water partition coefficient (Wildman–Crippen LogP) is 1.91. The summed E-state index contributed by atoms with van der Waals surface area (Å²) in [4.78, 5) is 11.2. The van der Waals surface area contributed by atoms with E-state index in [0.717, 1.165) is 25.8 Å². The van der Waals surface area contributed by atoms with Gasteiger partial charge in [0.2, 0.25) is 0 Å². The number of carbonyl (C=O) groups excluding carboxylic acids is 1. The third kappa shape index (κ3) is 4.95. The van der Waals surface area contributed by atoms with Crippen LogP contribution in [0, 0.1) is 5.41 Å². The molecule has 0 amide bonds. The molecular weight excluding hydrogens is 290 g/mol. The molecule has 1 fully saturated rings. The summed E-state index contributed by atoms with van der Waals surface area (Å²) in [5.74, 6) is -0.586. The summed E-state index contributed by atoms with van der Waals surface area (Å²) < 4.78 is 29.8. The number of methoxy groups -OCH3 is 1. The maximum Gasteiger partial charge on any atom is 0.306 e. The fourth-order valence-corrected chi connectivity index (χ4v) is 5.32. The van der Waals surface area contributed by atoms with E-state index in [1.54, 1.807) is 0 Å². The molecule has 1 N–H and O–H groups in total. The van der Waals surface area contributed by atoms with E-state index in [-0.39, 0.29) is 23.6 Å². The summed E-state index contributed by atoms with van der Waals surface area (Å²) in [6.45, 7) is 7.14. The Bertz CT molecular complexity index is 445. The lowest BCUT2D eigenvalue weighted by atomic mass is 9.73. The second-order valence-electron chi connectivity index (χ2n) is 6.54. The summed E-state index contributed by atoms with van der Waals surface area (Å²) in [5.41, 5.74) is -0.0452. The molecule has 0 aromatic heterocycles. The third-order valence-electron chi connectivity index (χ3n) is 4.42. The molecule has 1 aliphatic carbocycles. The van der Waals surface area contributed by atoms with E-state index in [1.807, 2.05) is 0 Å². The lowest BCUT2D eigenvalue weighted by Crippen LogP contribution is -2.55. The number of hydrogen-bond acceptors (Lipinski definition) is 5. The Morgan fingerprint density at radius 3 is 2.62 bits per heavy atom. The van der Waals surface area contributed by atoms with Crippen LogP contribution in [0.2, 0.25) is 0 Å². The highest BCUT2D eigenvalue weighted by molar-refractivity contribution is 7.92. The van der Waals surface area contributed by atoms with Gasteiger partial charge in [-0.3, -0.25) is 4.79 Å². The molecule has 6 heteroatoms. The number of nitrogens with one attached hydrogen (secondary N) is 1. The molecule has 0 heterocycles. The van der Waals surface area contributed by atoms with Crippen molar-refractivity contribution in [3.8, 4) is 0 Å². The Balaban J connectivity index is 2.86. The van der Waals surface area contributed by atoms with Gasteiger partial charge in [-0.1, -0.05) is 27.2 Å². The minimum absolute atomic E-state index is 0.0452. The van der Waals surface area contributed by atoms with Crippen LogP contribution in [-0.2, 0) is 19.4 Å². The summed E-state index contributed by atoms with van der Waals surface area (Å²) in [7, 11) is -2.02. The van der Waals surface area contributed by atoms with Crippen LogP contribution in [0.4, 0.5) is 0 Å². The van der Waals surface area contributed by atoms with Crippen molar-refractivity contribution in [1.29, 1.82) is 0 Å². The van der Waals surface area contributed by atoms with Gasteiger partial charge < -0.3 is 10.1 Å². The van der Waals surface area contributed by atoms with Crippen LogP contribution in [0.1, 0.15) is 52.9 Å². The lowest BCUT2D eigenvalue weighted by molar-refractivity contribution is -0.140. The molecule has 2 atom stereocenters. The van der Waals surface area contributed by atoms with Gasteiger partial charge in [0.05, 0.1) is 24.5 Å². The van der Waals surface area contributed by atoms with Crippen molar-refractivity contribution < 1.29 is 17.9 Å². The molecule has 1 rings (SSSR count). The SMILES string of the molecule is CCCNC1C(S(=O)(=O)CCC(=O)OC)CCCC1(C)C. The zero-order chi connectivity index (χ0) is 16.1. The van der Waals surface area contributed by atoms with Crippen LogP contribution in [0.15, 0.2) is 0 Å².